The van der Waals surface area contributed by atoms with Gasteiger partial charge in [-0.05, 0) is 36.1 Å². The lowest BCUT2D eigenvalue weighted by Crippen LogP contribution is -2.47. The van der Waals surface area contributed by atoms with Crippen molar-refractivity contribution in [2.24, 2.45) is 5.73 Å². The van der Waals surface area contributed by atoms with Crippen LogP contribution < -0.4 is 11.1 Å². The standard InChI is InChI=1S/C22H28N4O2/c23-12-6-13-25(16-18-7-2-1-3-8-18)21(27)15-24-22(28)26-14-11-19-9-4-5-10-20(19)17-26/h1-5,7-10H,6,11-17,23H2,(H,24,28). The Hall–Kier alpha value is -2.86. The number of carbonyl (C=O) groups is 2. The number of amides is 3. The van der Waals surface area contributed by atoms with Crippen LogP contribution in [0, 0.1) is 0 Å². The summed E-state index contributed by atoms with van der Waals surface area (Å²) in [5.41, 5.74) is 9.14. The van der Waals surface area contributed by atoms with E-state index in [0.717, 1.165) is 18.4 Å². The third-order valence-corrected chi connectivity index (χ3v) is 5.01. The van der Waals surface area contributed by atoms with Gasteiger partial charge in [-0.2, -0.15) is 0 Å². The molecule has 2 aromatic carbocycles. The summed E-state index contributed by atoms with van der Waals surface area (Å²) in [5, 5.41) is 2.79. The van der Waals surface area contributed by atoms with Crippen LogP contribution in [0.4, 0.5) is 4.79 Å². The molecule has 0 spiro atoms. The Labute approximate surface area is 166 Å². The molecule has 1 heterocycles. The van der Waals surface area contributed by atoms with E-state index < -0.39 is 0 Å². The van der Waals surface area contributed by atoms with Crippen LogP contribution in [0.1, 0.15) is 23.1 Å². The highest BCUT2D eigenvalue weighted by atomic mass is 16.2. The predicted octanol–water partition coefficient (Wildman–Crippen LogP) is 2.13. The maximum Gasteiger partial charge on any atom is 0.318 e. The molecule has 0 atom stereocenters. The van der Waals surface area contributed by atoms with Crippen LogP contribution in [0.15, 0.2) is 54.6 Å². The summed E-state index contributed by atoms with van der Waals surface area (Å²) < 4.78 is 0. The van der Waals surface area contributed by atoms with Gasteiger partial charge in [0.15, 0.2) is 0 Å². The molecule has 1 aliphatic rings. The molecule has 0 unspecified atom stereocenters. The van der Waals surface area contributed by atoms with Gasteiger partial charge in [-0.25, -0.2) is 4.79 Å². The van der Waals surface area contributed by atoms with Crippen molar-refractivity contribution >= 4 is 11.9 Å². The van der Waals surface area contributed by atoms with Crippen molar-refractivity contribution in [2.75, 3.05) is 26.2 Å². The van der Waals surface area contributed by atoms with Gasteiger partial charge >= 0.3 is 6.03 Å². The topological polar surface area (TPSA) is 78.7 Å². The number of hydrogen-bond donors (Lipinski definition) is 2. The van der Waals surface area contributed by atoms with E-state index in [1.54, 1.807) is 9.80 Å². The molecule has 0 aromatic heterocycles. The van der Waals surface area contributed by atoms with E-state index in [4.69, 9.17) is 5.73 Å². The number of nitrogens with two attached hydrogens (primary N) is 1. The Morgan fingerprint density at radius 3 is 2.50 bits per heavy atom. The van der Waals surface area contributed by atoms with Gasteiger partial charge in [0.2, 0.25) is 5.91 Å². The number of nitrogens with zero attached hydrogens (tertiary/aromatic N) is 2. The van der Waals surface area contributed by atoms with Crippen LogP contribution in [0.2, 0.25) is 0 Å². The van der Waals surface area contributed by atoms with Crippen molar-refractivity contribution in [1.82, 2.24) is 15.1 Å². The summed E-state index contributed by atoms with van der Waals surface area (Å²) in [6.07, 6.45) is 1.57. The first-order chi connectivity index (χ1) is 13.7. The fourth-order valence-corrected chi connectivity index (χ4v) is 3.42. The average molecular weight is 380 g/mol. The van der Waals surface area contributed by atoms with E-state index >= 15 is 0 Å². The van der Waals surface area contributed by atoms with E-state index in [-0.39, 0.29) is 18.5 Å². The second-order valence-corrected chi connectivity index (χ2v) is 7.04. The summed E-state index contributed by atoms with van der Waals surface area (Å²) in [7, 11) is 0. The van der Waals surface area contributed by atoms with E-state index in [1.165, 1.54) is 11.1 Å². The summed E-state index contributed by atoms with van der Waals surface area (Å²) in [6.45, 7) is 2.87. The van der Waals surface area contributed by atoms with Gasteiger partial charge in [-0.1, -0.05) is 54.6 Å². The van der Waals surface area contributed by atoms with Crippen LogP contribution in [0.5, 0.6) is 0 Å². The molecule has 0 saturated heterocycles. The van der Waals surface area contributed by atoms with E-state index in [1.807, 2.05) is 48.5 Å². The molecule has 0 radical (unpaired) electrons. The third-order valence-electron chi connectivity index (χ3n) is 5.01. The summed E-state index contributed by atoms with van der Waals surface area (Å²) in [4.78, 5) is 28.7. The van der Waals surface area contributed by atoms with Gasteiger partial charge < -0.3 is 20.9 Å². The molecule has 0 fully saturated rings. The number of urea groups is 1. The maximum absolute atomic E-state index is 12.7. The summed E-state index contributed by atoms with van der Waals surface area (Å²) >= 11 is 0. The van der Waals surface area contributed by atoms with Crippen LogP contribution in [0.25, 0.3) is 0 Å². The molecule has 3 amide bonds. The van der Waals surface area contributed by atoms with Crippen molar-refractivity contribution < 1.29 is 9.59 Å². The van der Waals surface area contributed by atoms with Gasteiger partial charge in [-0.15, -0.1) is 0 Å². The zero-order chi connectivity index (χ0) is 19.8. The van der Waals surface area contributed by atoms with Gasteiger partial charge in [0.25, 0.3) is 0 Å². The van der Waals surface area contributed by atoms with Gasteiger partial charge in [0.1, 0.15) is 0 Å². The first-order valence-corrected chi connectivity index (χ1v) is 9.78. The van der Waals surface area contributed by atoms with E-state index in [9.17, 15) is 9.59 Å². The Bertz CT molecular complexity index is 794. The van der Waals surface area contributed by atoms with E-state index in [2.05, 4.69) is 11.4 Å². The molecular formula is C22H28N4O2. The molecule has 6 nitrogen and oxygen atoms in total. The summed E-state index contributed by atoms with van der Waals surface area (Å²) in [6, 6.07) is 17.8. The lowest BCUT2D eigenvalue weighted by Gasteiger charge is -2.29. The number of hydrogen-bond acceptors (Lipinski definition) is 3. The minimum atomic E-state index is -0.193. The molecule has 3 N–H and O–H groups in total. The number of rotatable bonds is 7. The number of nitrogens with one attached hydrogen (secondary N) is 1. The zero-order valence-electron chi connectivity index (χ0n) is 16.1. The molecule has 6 heteroatoms. The molecule has 0 saturated carbocycles. The Kier molecular flexibility index (Phi) is 7.03. The highest BCUT2D eigenvalue weighted by Gasteiger charge is 2.21. The maximum atomic E-state index is 12.7. The van der Waals surface area contributed by atoms with Crippen LogP contribution >= 0.6 is 0 Å². The molecule has 1 aliphatic heterocycles. The van der Waals surface area contributed by atoms with Crippen molar-refractivity contribution in [2.45, 2.75) is 25.9 Å². The molecule has 28 heavy (non-hydrogen) atoms. The van der Waals surface area contributed by atoms with Gasteiger partial charge in [-0.3, -0.25) is 4.79 Å². The molecular weight excluding hydrogens is 352 g/mol. The monoisotopic (exact) mass is 380 g/mol. The van der Waals surface area contributed by atoms with Crippen LogP contribution in [0.3, 0.4) is 0 Å². The Morgan fingerprint density at radius 2 is 1.75 bits per heavy atom. The van der Waals surface area contributed by atoms with Crippen molar-refractivity contribution in [3.05, 3.63) is 71.3 Å². The van der Waals surface area contributed by atoms with Crippen LogP contribution in [-0.2, 0) is 24.3 Å². The fourth-order valence-electron chi connectivity index (χ4n) is 3.42. The minimum Gasteiger partial charge on any atom is -0.337 e. The molecule has 3 rings (SSSR count). The highest BCUT2D eigenvalue weighted by molar-refractivity contribution is 5.84. The van der Waals surface area contributed by atoms with Crippen molar-refractivity contribution in [3.63, 3.8) is 0 Å². The SMILES string of the molecule is NCCCN(Cc1ccccc1)C(=O)CNC(=O)N1CCc2ccccc2C1. The fraction of sp³-hybridized carbons (Fsp3) is 0.364. The zero-order valence-corrected chi connectivity index (χ0v) is 16.1. The Morgan fingerprint density at radius 1 is 1.04 bits per heavy atom. The summed E-state index contributed by atoms with van der Waals surface area (Å²) in [5.74, 6) is -0.0944. The highest BCUT2D eigenvalue weighted by Crippen LogP contribution is 2.18. The van der Waals surface area contributed by atoms with Crippen LogP contribution in [-0.4, -0.2) is 47.9 Å². The number of fused-ring (bicyclic) bond motifs is 1. The smallest absolute Gasteiger partial charge is 0.318 e. The second kappa shape index (κ2) is 9.90. The largest absolute Gasteiger partial charge is 0.337 e. The first-order valence-electron chi connectivity index (χ1n) is 9.78. The normalized spacial score (nSPS) is 13.0. The first kappa shape index (κ1) is 19.9. The van der Waals surface area contributed by atoms with Gasteiger partial charge in [0, 0.05) is 26.2 Å². The third kappa shape index (κ3) is 5.33. The van der Waals surface area contributed by atoms with Gasteiger partial charge in [0.05, 0.1) is 6.54 Å². The molecule has 2 aromatic rings. The number of carbonyl (C=O) groups excluding carboxylic acids is 2. The molecule has 0 bridgehead atoms. The lowest BCUT2D eigenvalue weighted by molar-refractivity contribution is -0.130. The quantitative estimate of drug-likeness (QED) is 0.772. The minimum absolute atomic E-state index is 0.00557. The molecule has 148 valence electrons. The molecule has 0 aliphatic carbocycles. The predicted molar refractivity (Wildman–Crippen MR) is 109 cm³/mol. The second-order valence-electron chi connectivity index (χ2n) is 7.04. The Balaban J connectivity index is 1.54. The lowest BCUT2D eigenvalue weighted by atomic mass is 10.0. The number of benzene rings is 2. The average Bonchev–Trinajstić information content (AvgIpc) is 2.75. The van der Waals surface area contributed by atoms with Crippen molar-refractivity contribution in [3.8, 4) is 0 Å². The van der Waals surface area contributed by atoms with Crippen molar-refractivity contribution in [1.29, 1.82) is 0 Å². The van der Waals surface area contributed by atoms with E-state index in [0.29, 0.717) is 32.7 Å².